The molecular weight excluding hydrogens is 268 g/mol. The average molecular weight is 283 g/mol. The standard InChI is InChI=1S/C13H15BrO2/c1-8-5-13(6-8)7-11(15)10-4-9(14)2-3-12(10)16-13/h2-4,8,11,15H,5-7H2,1H3. The lowest BCUT2D eigenvalue weighted by molar-refractivity contribution is -0.0925. The van der Waals surface area contributed by atoms with E-state index in [0.29, 0.717) is 0 Å². The first-order chi connectivity index (χ1) is 7.58. The Morgan fingerprint density at radius 3 is 2.81 bits per heavy atom. The van der Waals surface area contributed by atoms with Crippen LogP contribution in [-0.4, -0.2) is 10.7 Å². The summed E-state index contributed by atoms with van der Waals surface area (Å²) in [6, 6.07) is 5.87. The predicted molar refractivity (Wildman–Crippen MR) is 65.5 cm³/mol. The van der Waals surface area contributed by atoms with Gasteiger partial charge in [-0.25, -0.2) is 0 Å². The Morgan fingerprint density at radius 1 is 1.38 bits per heavy atom. The lowest BCUT2D eigenvalue weighted by Crippen LogP contribution is -2.51. The number of hydrogen-bond acceptors (Lipinski definition) is 2. The molecular formula is C13H15BrO2. The fourth-order valence-electron chi connectivity index (χ4n) is 3.07. The molecule has 86 valence electrons. The summed E-state index contributed by atoms with van der Waals surface area (Å²) in [6.07, 6.45) is 2.49. The normalized spacial score (nSPS) is 36.4. The number of halogens is 1. The van der Waals surface area contributed by atoms with Gasteiger partial charge in [0.05, 0.1) is 6.10 Å². The minimum Gasteiger partial charge on any atom is -0.487 e. The molecule has 0 aromatic heterocycles. The minimum atomic E-state index is -0.381. The van der Waals surface area contributed by atoms with Crippen LogP contribution in [0.15, 0.2) is 22.7 Å². The van der Waals surface area contributed by atoms with E-state index in [9.17, 15) is 5.11 Å². The molecule has 3 rings (SSSR count). The Morgan fingerprint density at radius 2 is 2.12 bits per heavy atom. The number of benzene rings is 1. The van der Waals surface area contributed by atoms with E-state index >= 15 is 0 Å². The van der Waals surface area contributed by atoms with Crippen LogP contribution >= 0.6 is 15.9 Å². The summed E-state index contributed by atoms with van der Waals surface area (Å²) < 4.78 is 7.06. The van der Waals surface area contributed by atoms with Gasteiger partial charge in [0.15, 0.2) is 0 Å². The van der Waals surface area contributed by atoms with E-state index in [-0.39, 0.29) is 11.7 Å². The molecule has 0 saturated heterocycles. The van der Waals surface area contributed by atoms with Gasteiger partial charge in [0.1, 0.15) is 11.4 Å². The van der Waals surface area contributed by atoms with Gasteiger partial charge in [0, 0.05) is 16.5 Å². The quantitative estimate of drug-likeness (QED) is 0.790. The highest BCUT2D eigenvalue weighted by Crippen LogP contribution is 2.51. The third-order valence-corrected chi connectivity index (χ3v) is 4.16. The van der Waals surface area contributed by atoms with Gasteiger partial charge in [-0.1, -0.05) is 22.9 Å². The van der Waals surface area contributed by atoms with Crippen molar-refractivity contribution < 1.29 is 9.84 Å². The minimum absolute atomic E-state index is 0.0837. The maximum Gasteiger partial charge on any atom is 0.126 e. The average Bonchev–Trinajstić information content (AvgIpc) is 2.17. The van der Waals surface area contributed by atoms with E-state index < -0.39 is 0 Å². The molecule has 1 spiro atoms. The summed E-state index contributed by atoms with van der Waals surface area (Å²) in [5, 5.41) is 10.2. The van der Waals surface area contributed by atoms with E-state index in [1.165, 1.54) is 0 Å². The van der Waals surface area contributed by atoms with Gasteiger partial charge in [0.25, 0.3) is 0 Å². The number of hydrogen-bond donors (Lipinski definition) is 1. The zero-order valence-electron chi connectivity index (χ0n) is 9.24. The molecule has 1 aromatic rings. The van der Waals surface area contributed by atoms with Crippen LogP contribution in [0.1, 0.15) is 37.9 Å². The summed E-state index contributed by atoms with van der Waals surface area (Å²) in [5.74, 6) is 1.58. The van der Waals surface area contributed by atoms with Crippen molar-refractivity contribution >= 4 is 15.9 Å². The molecule has 0 amide bonds. The van der Waals surface area contributed by atoms with Crippen LogP contribution in [0.2, 0.25) is 0 Å². The number of rotatable bonds is 0. The molecule has 1 unspecified atom stereocenters. The zero-order chi connectivity index (χ0) is 11.3. The molecule has 1 aliphatic carbocycles. The number of aliphatic hydroxyl groups excluding tert-OH is 1. The number of fused-ring (bicyclic) bond motifs is 1. The molecule has 1 N–H and O–H groups in total. The van der Waals surface area contributed by atoms with Gasteiger partial charge in [-0.05, 0) is 37.0 Å². The van der Waals surface area contributed by atoms with Crippen LogP contribution in [0.4, 0.5) is 0 Å². The fraction of sp³-hybridized carbons (Fsp3) is 0.538. The molecule has 1 aliphatic heterocycles. The highest BCUT2D eigenvalue weighted by molar-refractivity contribution is 9.10. The van der Waals surface area contributed by atoms with Gasteiger partial charge in [0.2, 0.25) is 0 Å². The fourth-order valence-corrected chi connectivity index (χ4v) is 3.45. The van der Waals surface area contributed by atoms with Gasteiger partial charge in [-0.15, -0.1) is 0 Å². The summed E-state index contributed by atoms with van der Waals surface area (Å²) in [5.41, 5.74) is 0.833. The van der Waals surface area contributed by atoms with Gasteiger partial charge >= 0.3 is 0 Å². The Bertz CT molecular complexity index is 424. The highest BCUT2D eigenvalue weighted by Gasteiger charge is 2.48. The van der Waals surface area contributed by atoms with Gasteiger partial charge in [-0.2, -0.15) is 0 Å². The van der Waals surface area contributed by atoms with Crippen molar-refractivity contribution in [2.75, 3.05) is 0 Å². The van der Waals surface area contributed by atoms with Gasteiger partial charge in [-0.3, -0.25) is 0 Å². The molecule has 1 heterocycles. The summed E-state index contributed by atoms with van der Waals surface area (Å²) in [4.78, 5) is 0. The Balaban J connectivity index is 1.94. The molecule has 2 aliphatic rings. The Hall–Kier alpha value is -0.540. The van der Waals surface area contributed by atoms with Gasteiger partial charge < -0.3 is 9.84 Å². The summed E-state index contributed by atoms with van der Waals surface area (Å²) >= 11 is 3.42. The van der Waals surface area contributed by atoms with Crippen molar-refractivity contribution in [2.45, 2.75) is 37.9 Å². The molecule has 1 saturated carbocycles. The summed E-state index contributed by atoms with van der Waals surface area (Å²) in [6.45, 7) is 2.23. The maximum atomic E-state index is 10.2. The molecule has 16 heavy (non-hydrogen) atoms. The first-order valence-electron chi connectivity index (χ1n) is 5.74. The monoisotopic (exact) mass is 282 g/mol. The lowest BCUT2D eigenvalue weighted by atomic mass is 9.67. The lowest BCUT2D eigenvalue weighted by Gasteiger charge is -2.50. The molecule has 1 fully saturated rings. The first-order valence-corrected chi connectivity index (χ1v) is 6.54. The van der Waals surface area contributed by atoms with E-state index in [1.54, 1.807) is 0 Å². The van der Waals surface area contributed by atoms with Crippen LogP contribution in [-0.2, 0) is 0 Å². The van der Waals surface area contributed by atoms with E-state index in [1.807, 2.05) is 18.2 Å². The molecule has 1 atom stereocenters. The van der Waals surface area contributed by atoms with E-state index in [0.717, 1.165) is 41.0 Å². The second kappa shape index (κ2) is 3.47. The van der Waals surface area contributed by atoms with Crippen LogP contribution in [0.25, 0.3) is 0 Å². The van der Waals surface area contributed by atoms with Crippen molar-refractivity contribution in [2.24, 2.45) is 5.92 Å². The van der Waals surface area contributed by atoms with Crippen molar-refractivity contribution in [3.63, 3.8) is 0 Å². The van der Waals surface area contributed by atoms with E-state index in [4.69, 9.17) is 4.74 Å². The largest absolute Gasteiger partial charge is 0.487 e. The predicted octanol–water partition coefficient (Wildman–Crippen LogP) is 3.43. The first kappa shape index (κ1) is 10.6. The highest BCUT2D eigenvalue weighted by atomic mass is 79.9. The topological polar surface area (TPSA) is 29.5 Å². The third-order valence-electron chi connectivity index (χ3n) is 3.66. The van der Waals surface area contributed by atoms with Crippen molar-refractivity contribution in [3.05, 3.63) is 28.2 Å². The van der Waals surface area contributed by atoms with Crippen LogP contribution in [0.3, 0.4) is 0 Å². The second-order valence-corrected chi connectivity index (χ2v) is 6.12. The smallest absolute Gasteiger partial charge is 0.126 e. The zero-order valence-corrected chi connectivity index (χ0v) is 10.8. The Kier molecular flexibility index (Phi) is 2.30. The number of aliphatic hydroxyl groups is 1. The molecule has 1 aromatic carbocycles. The Labute approximate surface area is 104 Å². The summed E-state index contributed by atoms with van der Waals surface area (Å²) in [7, 11) is 0. The van der Waals surface area contributed by atoms with E-state index in [2.05, 4.69) is 22.9 Å². The third kappa shape index (κ3) is 1.57. The van der Waals surface area contributed by atoms with Crippen molar-refractivity contribution in [1.29, 1.82) is 0 Å². The molecule has 0 bridgehead atoms. The van der Waals surface area contributed by atoms with Crippen LogP contribution in [0, 0.1) is 5.92 Å². The SMILES string of the molecule is CC1CC2(C1)CC(O)c1cc(Br)ccc1O2. The molecule has 2 nitrogen and oxygen atoms in total. The molecule has 3 heteroatoms. The maximum absolute atomic E-state index is 10.2. The molecule has 0 radical (unpaired) electrons. The van der Waals surface area contributed by atoms with Crippen LogP contribution < -0.4 is 4.74 Å². The van der Waals surface area contributed by atoms with Crippen LogP contribution in [0.5, 0.6) is 5.75 Å². The van der Waals surface area contributed by atoms with Crippen molar-refractivity contribution in [3.8, 4) is 5.75 Å². The van der Waals surface area contributed by atoms with Crippen molar-refractivity contribution in [1.82, 2.24) is 0 Å². The number of ether oxygens (including phenoxy) is 1. The second-order valence-electron chi connectivity index (χ2n) is 5.20.